The van der Waals surface area contributed by atoms with Gasteiger partial charge in [0.05, 0.1) is 11.4 Å². The molecule has 0 unspecified atom stereocenters. The van der Waals surface area contributed by atoms with E-state index < -0.39 is 5.91 Å². The van der Waals surface area contributed by atoms with Crippen LogP contribution in [0.2, 0.25) is 5.02 Å². The highest BCUT2D eigenvalue weighted by atomic mass is 35.5. The van der Waals surface area contributed by atoms with E-state index in [1.54, 1.807) is 41.1 Å². The number of hydrogen-bond acceptors (Lipinski definition) is 5. The van der Waals surface area contributed by atoms with Crippen LogP contribution in [-0.4, -0.2) is 20.4 Å². The predicted molar refractivity (Wildman–Crippen MR) is 105 cm³/mol. The first-order valence-corrected chi connectivity index (χ1v) is 8.61. The van der Waals surface area contributed by atoms with Gasteiger partial charge in [-0.2, -0.15) is 0 Å². The van der Waals surface area contributed by atoms with E-state index >= 15 is 0 Å². The molecule has 0 aliphatic carbocycles. The number of benzene rings is 1. The van der Waals surface area contributed by atoms with Crippen molar-refractivity contribution in [2.24, 2.45) is 5.73 Å². The highest BCUT2D eigenvalue weighted by Crippen LogP contribution is 2.31. The molecule has 0 radical (unpaired) electrons. The van der Waals surface area contributed by atoms with Gasteiger partial charge in [-0.3, -0.25) is 9.59 Å². The lowest BCUT2D eigenvalue weighted by molar-refractivity contribution is 0.0996. The maximum atomic E-state index is 12.1. The van der Waals surface area contributed by atoms with Gasteiger partial charge in [0.2, 0.25) is 0 Å². The number of pyridine rings is 1. The maximum absolute atomic E-state index is 12.1. The van der Waals surface area contributed by atoms with Gasteiger partial charge in [0.1, 0.15) is 0 Å². The minimum Gasteiger partial charge on any atom is -0.382 e. The smallest absolute Gasteiger partial charge is 0.271 e. The average Bonchev–Trinajstić information content (AvgIpc) is 2.62. The van der Waals surface area contributed by atoms with Crippen molar-refractivity contribution in [3.8, 4) is 22.5 Å². The third-order valence-electron chi connectivity index (χ3n) is 4.04. The summed E-state index contributed by atoms with van der Waals surface area (Å²) in [5.41, 5.74) is 13.2. The zero-order valence-corrected chi connectivity index (χ0v) is 15.6. The summed E-state index contributed by atoms with van der Waals surface area (Å²) in [4.78, 5) is 32.5. The molecule has 138 valence electrons. The van der Waals surface area contributed by atoms with Crippen molar-refractivity contribution in [2.75, 3.05) is 5.73 Å². The number of anilines is 1. The number of nitrogens with zero attached hydrogens (tertiary/aromatic N) is 3. The number of carbonyl (C=O) groups is 1. The van der Waals surface area contributed by atoms with Crippen LogP contribution in [-0.2, 0) is 0 Å². The zero-order valence-electron chi connectivity index (χ0n) is 14.8. The molecule has 0 aliphatic rings. The Kier molecular flexibility index (Phi) is 4.96. The van der Waals surface area contributed by atoms with Crippen LogP contribution in [0.3, 0.4) is 0 Å². The molecule has 1 amide bonds. The normalized spacial score (nSPS) is 11.0. The van der Waals surface area contributed by atoms with Crippen LogP contribution in [0.15, 0.2) is 47.4 Å². The van der Waals surface area contributed by atoms with Gasteiger partial charge in [0.25, 0.3) is 11.5 Å². The Balaban J connectivity index is 2.31. The highest BCUT2D eigenvalue weighted by molar-refractivity contribution is 6.30. The van der Waals surface area contributed by atoms with Crippen molar-refractivity contribution in [3.05, 3.63) is 63.7 Å². The molecule has 0 aliphatic heterocycles. The summed E-state index contributed by atoms with van der Waals surface area (Å²) < 4.78 is 1.57. The van der Waals surface area contributed by atoms with Gasteiger partial charge >= 0.3 is 0 Å². The average molecular weight is 384 g/mol. The molecule has 7 nitrogen and oxygen atoms in total. The fourth-order valence-corrected chi connectivity index (χ4v) is 2.81. The number of aromatic nitrogens is 3. The lowest BCUT2D eigenvalue weighted by Gasteiger charge is -2.15. The summed E-state index contributed by atoms with van der Waals surface area (Å²) in [6.07, 6.45) is 1.68. The Hall–Kier alpha value is -3.19. The quantitative estimate of drug-likeness (QED) is 0.718. The van der Waals surface area contributed by atoms with Crippen molar-refractivity contribution in [2.45, 2.75) is 19.9 Å². The third-order valence-corrected chi connectivity index (χ3v) is 4.29. The van der Waals surface area contributed by atoms with Crippen molar-refractivity contribution in [1.82, 2.24) is 14.5 Å². The van der Waals surface area contributed by atoms with Crippen molar-refractivity contribution < 1.29 is 4.79 Å². The molecule has 2 heterocycles. The third kappa shape index (κ3) is 3.68. The molecule has 3 rings (SSSR count). The Morgan fingerprint density at radius 3 is 2.22 bits per heavy atom. The van der Waals surface area contributed by atoms with Crippen LogP contribution >= 0.6 is 11.6 Å². The summed E-state index contributed by atoms with van der Waals surface area (Å²) in [5, 5.41) is 0.573. The van der Waals surface area contributed by atoms with Crippen molar-refractivity contribution in [1.29, 1.82) is 0 Å². The number of hydrogen-bond donors (Lipinski definition) is 2. The Labute approximate surface area is 160 Å². The summed E-state index contributed by atoms with van der Waals surface area (Å²) in [5.74, 6) is -0.838. The minimum atomic E-state index is -0.777. The lowest BCUT2D eigenvalue weighted by Crippen LogP contribution is -2.21. The number of primary amides is 1. The van der Waals surface area contributed by atoms with E-state index in [0.29, 0.717) is 27.5 Å². The van der Waals surface area contributed by atoms with Crippen LogP contribution in [0.4, 0.5) is 5.82 Å². The lowest BCUT2D eigenvalue weighted by atomic mass is 10.0. The van der Waals surface area contributed by atoms with Crippen LogP contribution in [0.1, 0.15) is 30.4 Å². The van der Waals surface area contributed by atoms with Gasteiger partial charge in [-0.25, -0.2) is 9.97 Å². The monoisotopic (exact) mass is 383 g/mol. The van der Waals surface area contributed by atoms with Crippen LogP contribution in [0.5, 0.6) is 0 Å². The molecule has 1 aromatic carbocycles. The SMILES string of the molecule is CC(C)n1cc(-c2nc(C(N)=O)c(N)nc2-c2ccc(Cl)cc2)ccc1=O. The summed E-state index contributed by atoms with van der Waals surface area (Å²) in [6, 6.07) is 10.0. The summed E-state index contributed by atoms with van der Waals surface area (Å²) >= 11 is 5.97. The van der Waals surface area contributed by atoms with Gasteiger partial charge in [-0.05, 0) is 32.0 Å². The van der Waals surface area contributed by atoms with Crippen molar-refractivity contribution >= 4 is 23.3 Å². The summed E-state index contributed by atoms with van der Waals surface area (Å²) in [6.45, 7) is 3.80. The van der Waals surface area contributed by atoms with Crippen LogP contribution < -0.4 is 17.0 Å². The Bertz CT molecular complexity index is 1070. The number of nitrogens with two attached hydrogens (primary N) is 2. The van der Waals surface area contributed by atoms with Gasteiger partial charge in [-0.15, -0.1) is 0 Å². The van der Waals surface area contributed by atoms with Gasteiger partial charge < -0.3 is 16.0 Å². The van der Waals surface area contributed by atoms with Crippen molar-refractivity contribution in [3.63, 3.8) is 0 Å². The minimum absolute atomic E-state index is 0.0474. The molecule has 0 spiro atoms. The summed E-state index contributed by atoms with van der Waals surface area (Å²) in [7, 11) is 0. The molecule has 27 heavy (non-hydrogen) atoms. The van der Waals surface area contributed by atoms with E-state index in [4.69, 9.17) is 23.1 Å². The molecule has 0 saturated heterocycles. The number of nitrogen functional groups attached to an aromatic ring is 1. The molecule has 0 atom stereocenters. The first-order valence-electron chi connectivity index (χ1n) is 8.23. The van der Waals surface area contributed by atoms with E-state index in [9.17, 15) is 9.59 Å². The molecule has 3 aromatic rings. The number of halogens is 1. The second-order valence-electron chi connectivity index (χ2n) is 6.28. The van der Waals surface area contributed by atoms with Gasteiger partial charge in [0, 0.05) is 34.5 Å². The molecular weight excluding hydrogens is 366 g/mol. The number of carbonyl (C=O) groups excluding carboxylic acids is 1. The fourth-order valence-electron chi connectivity index (χ4n) is 2.69. The molecular formula is C19H18ClN5O2. The molecule has 2 aromatic heterocycles. The first-order chi connectivity index (χ1) is 12.8. The highest BCUT2D eigenvalue weighted by Gasteiger charge is 2.19. The molecule has 8 heteroatoms. The molecule has 0 bridgehead atoms. The number of amides is 1. The van der Waals surface area contributed by atoms with Gasteiger partial charge in [0.15, 0.2) is 11.5 Å². The van der Waals surface area contributed by atoms with E-state index in [2.05, 4.69) is 9.97 Å². The zero-order chi connectivity index (χ0) is 19.7. The molecule has 4 N–H and O–H groups in total. The largest absolute Gasteiger partial charge is 0.382 e. The van der Waals surface area contributed by atoms with Crippen LogP contribution in [0.25, 0.3) is 22.5 Å². The van der Waals surface area contributed by atoms with E-state index in [0.717, 1.165) is 0 Å². The Morgan fingerprint density at radius 1 is 1.04 bits per heavy atom. The Morgan fingerprint density at radius 2 is 1.63 bits per heavy atom. The van der Waals surface area contributed by atoms with E-state index in [-0.39, 0.29) is 23.1 Å². The maximum Gasteiger partial charge on any atom is 0.271 e. The molecule has 0 fully saturated rings. The van der Waals surface area contributed by atoms with Crippen LogP contribution in [0, 0.1) is 0 Å². The standard InChI is InChI=1S/C19H18ClN5O2/c1-10(2)25-9-12(5-8-14(25)26)16-15(11-3-6-13(20)7-4-11)24-18(21)17(23-16)19(22)27/h3-10H,1-2H3,(H2,21,24)(H2,22,27). The topological polar surface area (TPSA) is 117 Å². The second-order valence-corrected chi connectivity index (χ2v) is 6.72. The first kappa shape index (κ1) is 18.6. The second kappa shape index (κ2) is 7.20. The van der Waals surface area contributed by atoms with E-state index in [1.807, 2.05) is 13.8 Å². The van der Waals surface area contributed by atoms with Gasteiger partial charge in [-0.1, -0.05) is 23.7 Å². The van der Waals surface area contributed by atoms with E-state index in [1.165, 1.54) is 6.07 Å². The predicted octanol–water partition coefficient (Wildman–Crippen LogP) is 2.89. The molecule has 0 saturated carbocycles. The fraction of sp³-hybridized carbons (Fsp3) is 0.158. The number of rotatable bonds is 4.